The molecule has 0 saturated carbocycles. The molecule has 0 atom stereocenters. The average Bonchev–Trinajstić information content (AvgIpc) is 2.75. The number of amides is 1. The van der Waals surface area contributed by atoms with Crippen LogP contribution < -0.4 is 10.6 Å². The largest absolute Gasteiger partial charge is 0.385 e. The number of nitrogens with one attached hydrogen (secondary N) is 2. The molecule has 0 radical (unpaired) electrons. The molecule has 0 aliphatic rings. The summed E-state index contributed by atoms with van der Waals surface area (Å²) >= 11 is 0. The summed E-state index contributed by atoms with van der Waals surface area (Å²) in [4.78, 5) is 12.1. The van der Waals surface area contributed by atoms with Gasteiger partial charge in [-0.1, -0.05) is 0 Å². The molecule has 0 unspecified atom stereocenters. The topological polar surface area (TPSA) is 59.0 Å². The molecule has 0 fully saturated rings. The first-order valence-corrected chi connectivity index (χ1v) is 6.25. The fraction of sp³-hybridized carbons (Fsp3) is 0.286. The zero-order valence-electron chi connectivity index (χ0n) is 11.4. The highest BCUT2D eigenvalue weighted by molar-refractivity contribution is 6.05. The quantitative estimate of drug-likeness (QED) is 0.885. The second-order valence-electron chi connectivity index (χ2n) is 4.39. The Kier molecular flexibility index (Phi) is 3.85. The number of aryl methyl sites for hydroxylation is 2. The predicted octanol–water partition coefficient (Wildman–Crippen LogP) is 2.41. The van der Waals surface area contributed by atoms with Gasteiger partial charge < -0.3 is 10.6 Å². The monoisotopic (exact) mass is 258 g/mol. The molecule has 0 saturated heterocycles. The molecule has 2 rings (SSSR count). The Labute approximate surface area is 112 Å². The van der Waals surface area contributed by atoms with Gasteiger partial charge in [-0.25, -0.2) is 0 Å². The van der Waals surface area contributed by atoms with Gasteiger partial charge in [-0.2, -0.15) is 5.10 Å². The van der Waals surface area contributed by atoms with E-state index in [0.29, 0.717) is 11.4 Å². The normalized spacial score (nSPS) is 10.3. The van der Waals surface area contributed by atoms with E-state index in [1.807, 2.05) is 39.1 Å². The summed E-state index contributed by atoms with van der Waals surface area (Å²) in [5.74, 6) is 0.418. The maximum absolute atomic E-state index is 12.1. The van der Waals surface area contributed by atoms with Crippen molar-refractivity contribution < 1.29 is 4.79 Å². The van der Waals surface area contributed by atoms with Crippen LogP contribution in [0.4, 0.5) is 11.5 Å². The van der Waals surface area contributed by atoms with Crippen LogP contribution in [-0.2, 0) is 7.05 Å². The lowest BCUT2D eigenvalue weighted by molar-refractivity contribution is 0.102. The Morgan fingerprint density at radius 1 is 1.37 bits per heavy atom. The first-order chi connectivity index (χ1) is 9.10. The van der Waals surface area contributed by atoms with Crippen molar-refractivity contribution in [3.63, 3.8) is 0 Å². The lowest BCUT2D eigenvalue weighted by Crippen LogP contribution is -2.14. The van der Waals surface area contributed by atoms with Gasteiger partial charge >= 0.3 is 0 Å². The van der Waals surface area contributed by atoms with Crippen molar-refractivity contribution in [3.05, 3.63) is 41.6 Å². The van der Waals surface area contributed by atoms with Gasteiger partial charge in [-0.05, 0) is 37.6 Å². The Balaban J connectivity index is 2.15. The van der Waals surface area contributed by atoms with Gasteiger partial charge in [0.05, 0.1) is 0 Å². The van der Waals surface area contributed by atoms with Crippen LogP contribution >= 0.6 is 0 Å². The minimum Gasteiger partial charge on any atom is -0.385 e. The third kappa shape index (κ3) is 3.13. The minimum atomic E-state index is -0.140. The number of hydrogen-bond acceptors (Lipinski definition) is 3. The number of carbonyl (C=O) groups is 1. The summed E-state index contributed by atoms with van der Waals surface area (Å²) in [6, 6.07) is 7.46. The standard InChI is InChI=1S/C14H18N4O/c1-4-15-11-5-6-12(10(2)9-11)14(19)16-13-7-8-18(3)17-13/h5-9,15H,4H2,1-3H3,(H,16,17,19). The molecule has 2 N–H and O–H groups in total. The first-order valence-electron chi connectivity index (χ1n) is 6.25. The summed E-state index contributed by atoms with van der Waals surface area (Å²) in [5.41, 5.74) is 2.62. The van der Waals surface area contributed by atoms with Gasteiger partial charge in [0.15, 0.2) is 5.82 Å². The zero-order valence-corrected chi connectivity index (χ0v) is 11.4. The molecule has 100 valence electrons. The number of rotatable bonds is 4. The molecule has 2 aromatic rings. The van der Waals surface area contributed by atoms with Crippen molar-refractivity contribution in [2.24, 2.45) is 7.05 Å². The third-order valence-electron chi connectivity index (χ3n) is 2.81. The SMILES string of the molecule is CCNc1ccc(C(=O)Nc2ccn(C)n2)c(C)c1. The zero-order chi connectivity index (χ0) is 13.8. The molecular weight excluding hydrogens is 240 g/mol. The number of benzene rings is 1. The van der Waals surface area contributed by atoms with Crippen LogP contribution in [0.15, 0.2) is 30.5 Å². The lowest BCUT2D eigenvalue weighted by atomic mass is 10.1. The molecule has 5 nitrogen and oxygen atoms in total. The van der Waals surface area contributed by atoms with E-state index in [9.17, 15) is 4.79 Å². The van der Waals surface area contributed by atoms with Crippen molar-refractivity contribution in [2.45, 2.75) is 13.8 Å². The van der Waals surface area contributed by atoms with Crippen LogP contribution in [-0.4, -0.2) is 22.2 Å². The van der Waals surface area contributed by atoms with Crippen LogP contribution in [0.1, 0.15) is 22.8 Å². The Morgan fingerprint density at radius 2 is 2.16 bits per heavy atom. The van der Waals surface area contributed by atoms with Gasteiger partial charge in [0, 0.05) is 37.1 Å². The fourth-order valence-electron chi connectivity index (χ4n) is 1.90. The van der Waals surface area contributed by atoms with E-state index in [1.165, 1.54) is 0 Å². The van der Waals surface area contributed by atoms with Crippen LogP contribution in [0.2, 0.25) is 0 Å². The number of hydrogen-bond donors (Lipinski definition) is 2. The Bertz CT molecular complexity index is 589. The number of nitrogens with zero attached hydrogens (tertiary/aromatic N) is 2. The molecule has 1 aromatic heterocycles. The van der Waals surface area contributed by atoms with E-state index in [-0.39, 0.29) is 5.91 Å². The van der Waals surface area contributed by atoms with Crippen molar-refractivity contribution in [2.75, 3.05) is 17.2 Å². The number of anilines is 2. The second kappa shape index (κ2) is 5.56. The third-order valence-corrected chi connectivity index (χ3v) is 2.81. The van der Waals surface area contributed by atoms with Gasteiger partial charge in [0.1, 0.15) is 0 Å². The molecule has 1 amide bonds. The van der Waals surface area contributed by atoms with Gasteiger partial charge in [0.2, 0.25) is 0 Å². The summed E-state index contributed by atoms with van der Waals surface area (Å²) in [7, 11) is 1.81. The van der Waals surface area contributed by atoms with E-state index in [0.717, 1.165) is 17.8 Å². The predicted molar refractivity (Wildman–Crippen MR) is 76.5 cm³/mol. The molecule has 1 heterocycles. The molecule has 0 spiro atoms. The minimum absolute atomic E-state index is 0.140. The molecular formula is C14H18N4O. The summed E-state index contributed by atoms with van der Waals surface area (Å²) in [6.45, 7) is 4.82. The van der Waals surface area contributed by atoms with E-state index in [1.54, 1.807) is 16.9 Å². The van der Waals surface area contributed by atoms with E-state index in [2.05, 4.69) is 15.7 Å². The van der Waals surface area contributed by atoms with Gasteiger partial charge in [-0.3, -0.25) is 9.48 Å². The summed E-state index contributed by atoms with van der Waals surface area (Å²) < 4.78 is 1.65. The van der Waals surface area contributed by atoms with E-state index in [4.69, 9.17) is 0 Å². The number of carbonyl (C=O) groups excluding carboxylic acids is 1. The van der Waals surface area contributed by atoms with Gasteiger partial charge in [0.25, 0.3) is 5.91 Å². The maximum atomic E-state index is 12.1. The van der Waals surface area contributed by atoms with E-state index >= 15 is 0 Å². The lowest BCUT2D eigenvalue weighted by Gasteiger charge is -2.09. The molecule has 1 aromatic carbocycles. The maximum Gasteiger partial charge on any atom is 0.257 e. The molecule has 19 heavy (non-hydrogen) atoms. The van der Waals surface area contributed by atoms with Gasteiger partial charge in [-0.15, -0.1) is 0 Å². The Morgan fingerprint density at radius 3 is 2.74 bits per heavy atom. The summed E-state index contributed by atoms with van der Waals surface area (Å²) in [5, 5.41) is 10.1. The number of aromatic nitrogens is 2. The second-order valence-corrected chi connectivity index (χ2v) is 4.39. The van der Waals surface area contributed by atoms with Crippen molar-refractivity contribution in [1.82, 2.24) is 9.78 Å². The van der Waals surface area contributed by atoms with Crippen molar-refractivity contribution in [3.8, 4) is 0 Å². The summed E-state index contributed by atoms with van der Waals surface area (Å²) in [6.07, 6.45) is 1.79. The van der Waals surface area contributed by atoms with Crippen LogP contribution in [0.5, 0.6) is 0 Å². The van der Waals surface area contributed by atoms with E-state index < -0.39 is 0 Å². The van der Waals surface area contributed by atoms with Crippen LogP contribution in [0.3, 0.4) is 0 Å². The fourth-order valence-corrected chi connectivity index (χ4v) is 1.90. The van der Waals surface area contributed by atoms with Crippen LogP contribution in [0, 0.1) is 6.92 Å². The molecule has 0 aliphatic heterocycles. The average molecular weight is 258 g/mol. The first kappa shape index (κ1) is 13.1. The molecule has 5 heteroatoms. The highest BCUT2D eigenvalue weighted by atomic mass is 16.1. The van der Waals surface area contributed by atoms with Crippen LogP contribution in [0.25, 0.3) is 0 Å². The highest BCUT2D eigenvalue weighted by Gasteiger charge is 2.10. The highest BCUT2D eigenvalue weighted by Crippen LogP contribution is 2.16. The molecule has 0 bridgehead atoms. The van der Waals surface area contributed by atoms with Crippen molar-refractivity contribution >= 4 is 17.4 Å². The smallest absolute Gasteiger partial charge is 0.257 e. The Hall–Kier alpha value is -2.30. The van der Waals surface area contributed by atoms with Crippen molar-refractivity contribution in [1.29, 1.82) is 0 Å². The molecule has 0 aliphatic carbocycles.